The van der Waals surface area contributed by atoms with Crippen LogP contribution in [-0.4, -0.2) is 25.4 Å². The highest BCUT2D eigenvalue weighted by molar-refractivity contribution is 6.62. The molecule has 0 bridgehead atoms. The number of rotatable bonds is 3. The van der Waals surface area contributed by atoms with Crippen LogP contribution in [0.5, 0.6) is 0 Å². The summed E-state index contributed by atoms with van der Waals surface area (Å²) in [7, 11) is 1.41. The van der Waals surface area contributed by atoms with E-state index in [1.54, 1.807) is 7.11 Å². The Bertz CT molecular complexity index is 396. The Balaban J connectivity index is 2.14. The van der Waals surface area contributed by atoms with Crippen molar-refractivity contribution in [2.24, 2.45) is 0 Å². The monoisotopic (exact) mass is 248 g/mol. The molecule has 0 unspecified atom stereocenters. The zero-order chi connectivity index (χ0) is 13.4. The molecule has 0 aliphatic carbocycles. The number of ether oxygens (including phenoxy) is 1. The van der Waals surface area contributed by atoms with Gasteiger partial charge in [-0.05, 0) is 38.7 Å². The van der Waals surface area contributed by atoms with Gasteiger partial charge >= 0.3 is 7.12 Å². The van der Waals surface area contributed by atoms with Crippen molar-refractivity contribution in [1.29, 1.82) is 0 Å². The van der Waals surface area contributed by atoms with E-state index in [2.05, 4.69) is 27.7 Å². The maximum absolute atomic E-state index is 6.00. The summed E-state index contributed by atoms with van der Waals surface area (Å²) in [5, 5.41) is 0. The van der Waals surface area contributed by atoms with E-state index in [1.165, 1.54) is 0 Å². The van der Waals surface area contributed by atoms with E-state index in [-0.39, 0.29) is 18.3 Å². The summed E-state index contributed by atoms with van der Waals surface area (Å²) in [6.07, 6.45) is 0. The summed E-state index contributed by atoms with van der Waals surface area (Å²) in [5.74, 6) is 0. The van der Waals surface area contributed by atoms with Crippen molar-refractivity contribution in [3.8, 4) is 0 Å². The van der Waals surface area contributed by atoms with Gasteiger partial charge in [-0.25, -0.2) is 0 Å². The van der Waals surface area contributed by atoms with E-state index in [0.717, 1.165) is 11.0 Å². The van der Waals surface area contributed by atoms with Gasteiger partial charge in [-0.15, -0.1) is 0 Å². The molecule has 1 heterocycles. The summed E-state index contributed by atoms with van der Waals surface area (Å²) < 4.78 is 17.1. The Morgan fingerprint density at radius 1 is 1.00 bits per heavy atom. The molecule has 0 atom stereocenters. The van der Waals surface area contributed by atoms with Crippen LogP contribution in [-0.2, 0) is 20.7 Å². The number of hydrogen-bond acceptors (Lipinski definition) is 3. The first-order valence-electron chi connectivity index (χ1n) is 6.29. The van der Waals surface area contributed by atoms with Gasteiger partial charge in [0.15, 0.2) is 0 Å². The summed E-state index contributed by atoms with van der Waals surface area (Å²) in [5.41, 5.74) is 1.62. The van der Waals surface area contributed by atoms with Crippen LogP contribution in [0.25, 0.3) is 0 Å². The van der Waals surface area contributed by atoms with Crippen LogP contribution in [0.15, 0.2) is 24.3 Å². The second kappa shape index (κ2) is 4.69. The van der Waals surface area contributed by atoms with Crippen LogP contribution in [0.4, 0.5) is 0 Å². The second-order valence-electron chi connectivity index (χ2n) is 5.76. The predicted octanol–water partition coefficient (Wildman–Crippen LogP) is 2.13. The maximum Gasteiger partial charge on any atom is 0.494 e. The molecule has 0 spiro atoms. The molecule has 0 amide bonds. The van der Waals surface area contributed by atoms with Gasteiger partial charge in [-0.2, -0.15) is 0 Å². The third kappa shape index (κ3) is 2.46. The molecule has 1 aromatic carbocycles. The molecular formula is C14H21BO3. The Kier molecular flexibility index (Phi) is 3.54. The van der Waals surface area contributed by atoms with Crippen LogP contribution in [0.3, 0.4) is 0 Å². The van der Waals surface area contributed by atoms with Crippen molar-refractivity contribution < 1.29 is 14.0 Å². The van der Waals surface area contributed by atoms with E-state index >= 15 is 0 Å². The number of hydrogen-bond donors (Lipinski definition) is 0. The minimum absolute atomic E-state index is 0.286. The third-order valence-corrected chi connectivity index (χ3v) is 3.82. The predicted molar refractivity (Wildman–Crippen MR) is 72.9 cm³/mol. The summed E-state index contributed by atoms with van der Waals surface area (Å²) in [6, 6.07) is 8.17. The van der Waals surface area contributed by atoms with Gasteiger partial charge in [0.1, 0.15) is 0 Å². The highest BCUT2D eigenvalue weighted by Crippen LogP contribution is 2.36. The lowest BCUT2D eigenvalue weighted by Crippen LogP contribution is -2.41. The molecule has 0 radical (unpaired) electrons. The first kappa shape index (κ1) is 13.6. The largest absolute Gasteiger partial charge is 0.494 e. The van der Waals surface area contributed by atoms with Gasteiger partial charge < -0.3 is 14.0 Å². The molecule has 1 aliphatic heterocycles. The zero-order valence-corrected chi connectivity index (χ0v) is 11.8. The number of methoxy groups -OCH3 is 1. The van der Waals surface area contributed by atoms with Gasteiger partial charge in [0.2, 0.25) is 0 Å². The molecular weight excluding hydrogens is 227 g/mol. The van der Waals surface area contributed by atoms with E-state index < -0.39 is 0 Å². The lowest BCUT2D eigenvalue weighted by Gasteiger charge is -2.32. The lowest BCUT2D eigenvalue weighted by molar-refractivity contribution is 0.00578. The van der Waals surface area contributed by atoms with Crippen molar-refractivity contribution in [2.75, 3.05) is 7.11 Å². The molecule has 2 rings (SSSR count). The van der Waals surface area contributed by atoms with Crippen molar-refractivity contribution in [3.05, 3.63) is 29.8 Å². The van der Waals surface area contributed by atoms with Gasteiger partial charge in [-0.1, -0.05) is 24.3 Å². The van der Waals surface area contributed by atoms with Crippen LogP contribution in [0.1, 0.15) is 33.3 Å². The van der Waals surface area contributed by atoms with Gasteiger partial charge in [0.25, 0.3) is 0 Å². The van der Waals surface area contributed by atoms with E-state index in [4.69, 9.17) is 14.0 Å². The average Bonchev–Trinajstić information content (AvgIpc) is 2.50. The van der Waals surface area contributed by atoms with Crippen molar-refractivity contribution in [1.82, 2.24) is 0 Å². The van der Waals surface area contributed by atoms with Crippen molar-refractivity contribution in [2.45, 2.75) is 45.5 Å². The smallest absolute Gasteiger partial charge is 0.399 e. The van der Waals surface area contributed by atoms with Crippen LogP contribution in [0.2, 0.25) is 0 Å². The maximum atomic E-state index is 6.00. The van der Waals surface area contributed by atoms with Crippen LogP contribution >= 0.6 is 0 Å². The fourth-order valence-corrected chi connectivity index (χ4v) is 1.92. The first-order chi connectivity index (χ1) is 8.36. The van der Waals surface area contributed by atoms with E-state index in [1.807, 2.05) is 24.3 Å². The van der Waals surface area contributed by atoms with Crippen molar-refractivity contribution in [3.63, 3.8) is 0 Å². The fourth-order valence-electron chi connectivity index (χ4n) is 1.92. The Labute approximate surface area is 110 Å². The number of benzene rings is 1. The molecule has 18 heavy (non-hydrogen) atoms. The van der Waals surface area contributed by atoms with Gasteiger partial charge in [-0.3, -0.25) is 0 Å². The van der Waals surface area contributed by atoms with Crippen LogP contribution < -0.4 is 5.46 Å². The van der Waals surface area contributed by atoms with Gasteiger partial charge in [0, 0.05) is 7.11 Å². The summed E-state index contributed by atoms with van der Waals surface area (Å²) in [6.45, 7) is 8.88. The third-order valence-electron chi connectivity index (χ3n) is 3.82. The van der Waals surface area contributed by atoms with Crippen LogP contribution in [0, 0.1) is 0 Å². The molecule has 98 valence electrons. The minimum atomic E-state index is -0.289. The molecule has 4 heteroatoms. The van der Waals surface area contributed by atoms with Crippen molar-refractivity contribution >= 4 is 12.6 Å². The molecule has 1 saturated heterocycles. The highest BCUT2D eigenvalue weighted by Gasteiger charge is 2.51. The SMILES string of the molecule is COCc1ccc(B2OC(C)(C)C(C)(C)O2)cc1. The first-order valence-corrected chi connectivity index (χ1v) is 6.29. The molecule has 0 saturated carbocycles. The second-order valence-corrected chi connectivity index (χ2v) is 5.76. The molecule has 1 aliphatic rings. The average molecular weight is 248 g/mol. The Hall–Kier alpha value is -0.835. The quantitative estimate of drug-likeness (QED) is 0.767. The van der Waals surface area contributed by atoms with E-state index in [9.17, 15) is 0 Å². The topological polar surface area (TPSA) is 27.7 Å². The Morgan fingerprint density at radius 2 is 1.50 bits per heavy atom. The molecule has 0 aromatic heterocycles. The highest BCUT2D eigenvalue weighted by atomic mass is 16.7. The summed E-state index contributed by atoms with van der Waals surface area (Å²) in [4.78, 5) is 0. The molecule has 1 aromatic rings. The standard InChI is InChI=1S/C14H21BO3/c1-13(2)14(3,4)18-15(17-13)12-8-6-11(7-9-12)10-16-5/h6-9H,10H2,1-5H3. The molecule has 3 nitrogen and oxygen atoms in total. The minimum Gasteiger partial charge on any atom is -0.399 e. The Morgan fingerprint density at radius 3 is 1.94 bits per heavy atom. The normalized spacial score (nSPS) is 21.3. The van der Waals surface area contributed by atoms with E-state index in [0.29, 0.717) is 6.61 Å². The molecule has 0 N–H and O–H groups in total. The van der Waals surface area contributed by atoms with Gasteiger partial charge in [0.05, 0.1) is 17.8 Å². The fraction of sp³-hybridized carbons (Fsp3) is 0.571. The zero-order valence-electron chi connectivity index (χ0n) is 11.8. The molecule has 1 fully saturated rings. The lowest BCUT2D eigenvalue weighted by atomic mass is 9.79. The summed E-state index contributed by atoms with van der Waals surface area (Å²) >= 11 is 0.